The summed E-state index contributed by atoms with van der Waals surface area (Å²) in [5.41, 5.74) is 9.33. The van der Waals surface area contributed by atoms with Crippen molar-refractivity contribution in [3.8, 4) is 0 Å². The van der Waals surface area contributed by atoms with Crippen LogP contribution in [0.2, 0.25) is 0 Å². The average molecular weight is 285 g/mol. The van der Waals surface area contributed by atoms with Gasteiger partial charge in [0.05, 0.1) is 24.2 Å². The van der Waals surface area contributed by atoms with Gasteiger partial charge in [-0.15, -0.1) is 0 Å². The van der Waals surface area contributed by atoms with Gasteiger partial charge in [-0.2, -0.15) is 0 Å². The SMILES string of the molecule is NC(CO)(CCn1cnc2c1CCCC2)c1ccccc1. The predicted octanol–water partition coefficient (Wildman–Crippen LogP) is 2.00. The van der Waals surface area contributed by atoms with E-state index in [-0.39, 0.29) is 6.61 Å². The Bertz CT molecular complexity index is 593. The van der Waals surface area contributed by atoms with Crippen molar-refractivity contribution in [3.05, 3.63) is 53.6 Å². The maximum atomic E-state index is 9.76. The quantitative estimate of drug-likeness (QED) is 0.883. The van der Waals surface area contributed by atoms with Gasteiger partial charge in [0.15, 0.2) is 0 Å². The summed E-state index contributed by atoms with van der Waals surface area (Å²) in [6, 6.07) is 9.87. The predicted molar refractivity (Wildman–Crippen MR) is 82.9 cm³/mol. The number of imidazole rings is 1. The molecule has 21 heavy (non-hydrogen) atoms. The Labute approximate surface area is 125 Å². The van der Waals surface area contributed by atoms with Gasteiger partial charge in [0.2, 0.25) is 0 Å². The number of hydrogen-bond acceptors (Lipinski definition) is 3. The number of aliphatic hydroxyl groups excluding tert-OH is 1. The van der Waals surface area contributed by atoms with E-state index in [1.54, 1.807) is 0 Å². The first-order chi connectivity index (χ1) is 10.2. The fourth-order valence-electron chi connectivity index (χ4n) is 3.13. The molecule has 1 heterocycles. The molecule has 4 nitrogen and oxygen atoms in total. The second kappa shape index (κ2) is 6.00. The van der Waals surface area contributed by atoms with E-state index in [0.717, 1.165) is 24.9 Å². The molecule has 112 valence electrons. The number of aryl methyl sites for hydroxylation is 2. The number of fused-ring (bicyclic) bond motifs is 1. The van der Waals surface area contributed by atoms with Crippen molar-refractivity contribution >= 4 is 0 Å². The normalized spacial score (nSPS) is 17.2. The molecule has 3 rings (SSSR count). The molecule has 1 aromatic carbocycles. The lowest BCUT2D eigenvalue weighted by atomic mass is 9.88. The smallest absolute Gasteiger partial charge is 0.0951 e. The van der Waals surface area contributed by atoms with Crippen molar-refractivity contribution in [2.45, 2.75) is 44.2 Å². The third-order valence-electron chi connectivity index (χ3n) is 4.54. The topological polar surface area (TPSA) is 64.1 Å². The standard InChI is InChI=1S/C17H23N3O/c18-17(12-21,14-6-2-1-3-7-14)10-11-20-13-19-15-8-4-5-9-16(15)20/h1-3,6-7,13,21H,4-5,8-12,18H2. The van der Waals surface area contributed by atoms with Crippen molar-refractivity contribution in [2.75, 3.05) is 6.61 Å². The van der Waals surface area contributed by atoms with Crippen LogP contribution in [-0.4, -0.2) is 21.3 Å². The highest BCUT2D eigenvalue weighted by Crippen LogP contribution is 2.25. The van der Waals surface area contributed by atoms with Crippen molar-refractivity contribution in [1.82, 2.24) is 9.55 Å². The summed E-state index contributed by atoms with van der Waals surface area (Å²) in [7, 11) is 0. The Morgan fingerprint density at radius 1 is 1.19 bits per heavy atom. The first kappa shape index (κ1) is 14.3. The molecule has 0 saturated carbocycles. The van der Waals surface area contributed by atoms with Crippen LogP contribution in [0, 0.1) is 0 Å². The molecule has 1 unspecified atom stereocenters. The Kier molecular flexibility index (Phi) is 4.08. The van der Waals surface area contributed by atoms with Crippen LogP contribution in [0.4, 0.5) is 0 Å². The molecule has 0 fully saturated rings. The fraction of sp³-hybridized carbons (Fsp3) is 0.471. The number of aromatic nitrogens is 2. The van der Waals surface area contributed by atoms with E-state index < -0.39 is 5.54 Å². The van der Waals surface area contributed by atoms with Crippen LogP contribution in [0.3, 0.4) is 0 Å². The summed E-state index contributed by atoms with van der Waals surface area (Å²) in [5.74, 6) is 0. The highest BCUT2D eigenvalue weighted by Gasteiger charge is 2.27. The third-order valence-corrected chi connectivity index (χ3v) is 4.54. The van der Waals surface area contributed by atoms with Crippen molar-refractivity contribution in [1.29, 1.82) is 0 Å². The van der Waals surface area contributed by atoms with E-state index in [4.69, 9.17) is 5.73 Å². The second-order valence-corrected chi connectivity index (χ2v) is 5.97. The highest BCUT2D eigenvalue weighted by atomic mass is 16.3. The number of benzene rings is 1. The van der Waals surface area contributed by atoms with E-state index in [1.165, 1.54) is 24.2 Å². The summed E-state index contributed by atoms with van der Waals surface area (Å²) < 4.78 is 2.22. The van der Waals surface area contributed by atoms with E-state index in [0.29, 0.717) is 6.42 Å². The molecule has 0 aliphatic heterocycles. The van der Waals surface area contributed by atoms with Crippen molar-refractivity contribution < 1.29 is 5.11 Å². The number of nitrogens with two attached hydrogens (primary N) is 1. The van der Waals surface area contributed by atoms with E-state index in [1.807, 2.05) is 36.7 Å². The molecule has 0 spiro atoms. The van der Waals surface area contributed by atoms with Gasteiger partial charge >= 0.3 is 0 Å². The van der Waals surface area contributed by atoms with Crippen LogP contribution in [0.25, 0.3) is 0 Å². The molecular weight excluding hydrogens is 262 g/mol. The number of nitrogens with zero attached hydrogens (tertiary/aromatic N) is 2. The van der Waals surface area contributed by atoms with E-state index in [9.17, 15) is 5.11 Å². The summed E-state index contributed by atoms with van der Waals surface area (Å²) in [5, 5.41) is 9.76. The lowest BCUT2D eigenvalue weighted by Gasteiger charge is -2.28. The van der Waals surface area contributed by atoms with Crippen LogP contribution in [-0.2, 0) is 24.9 Å². The maximum Gasteiger partial charge on any atom is 0.0951 e. The zero-order valence-electron chi connectivity index (χ0n) is 12.3. The summed E-state index contributed by atoms with van der Waals surface area (Å²) in [4.78, 5) is 4.52. The molecule has 1 aliphatic rings. The van der Waals surface area contributed by atoms with E-state index >= 15 is 0 Å². The molecule has 3 N–H and O–H groups in total. The molecule has 0 saturated heterocycles. The fourth-order valence-corrected chi connectivity index (χ4v) is 3.13. The van der Waals surface area contributed by atoms with Crippen LogP contribution in [0.15, 0.2) is 36.7 Å². The zero-order chi connectivity index (χ0) is 14.7. The van der Waals surface area contributed by atoms with Gasteiger partial charge < -0.3 is 15.4 Å². The second-order valence-electron chi connectivity index (χ2n) is 5.97. The lowest BCUT2D eigenvalue weighted by molar-refractivity contribution is 0.182. The van der Waals surface area contributed by atoms with Gasteiger partial charge in [-0.1, -0.05) is 30.3 Å². The Hall–Kier alpha value is -1.65. The minimum Gasteiger partial charge on any atom is -0.394 e. The monoisotopic (exact) mass is 285 g/mol. The first-order valence-electron chi connectivity index (χ1n) is 7.71. The molecule has 1 aromatic heterocycles. The third kappa shape index (κ3) is 2.87. The molecule has 4 heteroatoms. The van der Waals surface area contributed by atoms with Crippen LogP contribution < -0.4 is 5.73 Å². The lowest BCUT2D eigenvalue weighted by Crippen LogP contribution is -2.41. The van der Waals surface area contributed by atoms with Crippen LogP contribution in [0.1, 0.15) is 36.2 Å². The molecular formula is C17H23N3O. The van der Waals surface area contributed by atoms with Gasteiger partial charge in [0.25, 0.3) is 0 Å². The van der Waals surface area contributed by atoms with Crippen molar-refractivity contribution in [3.63, 3.8) is 0 Å². The summed E-state index contributed by atoms with van der Waals surface area (Å²) in [6.45, 7) is 0.752. The van der Waals surface area contributed by atoms with Gasteiger partial charge in [-0.05, 0) is 37.7 Å². The Morgan fingerprint density at radius 2 is 1.95 bits per heavy atom. The number of hydrogen-bond donors (Lipinski definition) is 2. The first-order valence-corrected chi connectivity index (χ1v) is 7.71. The molecule has 2 aromatic rings. The maximum absolute atomic E-state index is 9.76. The average Bonchev–Trinajstić information content (AvgIpc) is 2.97. The van der Waals surface area contributed by atoms with Crippen molar-refractivity contribution in [2.24, 2.45) is 5.73 Å². The van der Waals surface area contributed by atoms with Gasteiger partial charge in [0.1, 0.15) is 0 Å². The largest absolute Gasteiger partial charge is 0.394 e. The Balaban J connectivity index is 1.75. The van der Waals surface area contributed by atoms with Gasteiger partial charge in [-0.25, -0.2) is 4.98 Å². The van der Waals surface area contributed by atoms with Gasteiger partial charge in [0, 0.05) is 12.2 Å². The molecule has 0 amide bonds. The summed E-state index contributed by atoms with van der Waals surface area (Å²) in [6.07, 6.45) is 7.32. The van der Waals surface area contributed by atoms with Gasteiger partial charge in [-0.3, -0.25) is 0 Å². The van der Waals surface area contributed by atoms with Crippen LogP contribution in [0.5, 0.6) is 0 Å². The minimum absolute atomic E-state index is 0.0477. The zero-order valence-corrected chi connectivity index (χ0v) is 12.3. The number of rotatable bonds is 5. The number of aliphatic hydroxyl groups is 1. The minimum atomic E-state index is -0.687. The molecule has 1 atom stereocenters. The highest BCUT2D eigenvalue weighted by molar-refractivity contribution is 5.24. The molecule has 1 aliphatic carbocycles. The summed E-state index contributed by atoms with van der Waals surface area (Å²) >= 11 is 0. The Morgan fingerprint density at radius 3 is 2.71 bits per heavy atom. The molecule has 0 bridgehead atoms. The van der Waals surface area contributed by atoms with Crippen LogP contribution >= 0.6 is 0 Å². The molecule has 0 radical (unpaired) electrons. The van der Waals surface area contributed by atoms with E-state index in [2.05, 4.69) is 9.55 Å².